The van der Waals surface area contributed by atoms with Crippen molar-refractivity contribution in [3.63, 3.8) is 0 Å². The van der Waals surface area contributed by atoms with E-state index in [2.05, 4.69) is 60.8 Å². The third kappa shape index (κ3) is 2.06. The molecule has 2 aromatic carbocycles. The Balaban J connectivity index is 2.05. The highest BCUT2D eigenvalue weighted by atomic mass is 14.9. The molecule has 1 nitrogen and oxygen atoms in total. The van der Waals surface area contributed by atoms with E-state index in [0.29, 0.717) is 5.92 Å². The second-order valence-electron chi connectivity index (χ2n) is 4.98. The molecule has 1 atom stereocenters. The molecule has 0 aromatic heterocycles. The molecule has 92 valence electrons. The maximum atomic E-state index is 3.53. The van der Waals surface area contributed by atoms with Gasteiger partial charge in [-0.3, -0.25) is 0 Å². The van der Waals surface area contributed by atoms with Crippen LogP contribution < -0.4 is 5.32 Å². The van der Waals surface area contributed by atoms with Gasteiger partial charge in [0.1, 0.15) is 0 Å². The van der Waals surface area contributed by atoms with Crippen molar-refractivity contribution >= 4 is 0 Å². The SMILES string of the molecule is CCc1ccc2c(c1)C(c1ccccc1)CNC2. The summed E-state index contributed by atoms with van der Waals surface area (Å²) in [5.41, 5.74) is 5.82. The lowest BCUT2D eigenvalue weighted by Gasteiger charge is -2.27. The zero-order valence-corrected chi connectivity index (χ0v) is 10.8. The molecule has 3 rings (SSSR count). The standard InChI is InChI=1S/C17H19N/c1-2-13-8-9-15-11-18-12-17(16(15)10-13)14-6-4-3-5-7-14/h3-10,17-18H,2,11-12H2,1H3. The van der Waals surface area contributed by atoms with E-state index in [1.54, 1.807) is 0 Å². The average Bonchev–Trinajstić information content (AvgIpc) is 2.47. The third-order valence-corrected chi connectivity index (χ3v) is 3.86. The van der Waals surface area contributed by atoms with Crippen molar-refractivity contribution in [2.75, 3.05) is 6.54 Å². The molecule has 0 bridgehead atoms. The van der Waals surface area contributed by atoms with E-state index >= 15 is 0 Å². The number of benzene rings is 2. The number of rotatable bonds is 2. The van der Waals surface area contributed by atoms with Gasteiger partial charge in [-0.15, -0.1) is 0 Å². The van der Waals surface area contributed by atoms with Gasteiger partial charge < -0.3 is 5.32 Å². The summed E-state index contributed by atoms with van der Waals surface area (Å²) in [5.74, 6) is 0.501. The van der Waals surface area contributed by atoms with Crippen LogP contribution in [0.1, 0.15) is 35.1 Å². The van der Waals surface area contributed by atoms with E-state index in [1.807, 2.05) is 0 Å². The Morgan fingerprint density at radius 3 is 2.72 bits per heavy atom. The smallest absolute Gasteiger partial charge is 0.0218 e. The molecule has 1 aliphatic heterocycles. The number of aryl methyl sites for hydroxylation is 1. The Morgan fingerprint density at radius 1 is 1.11 bits per heavy atom. The van der Waals surface area contributed by atoms with Crippen LogP contribution in [-0.4, -0.2) is 6.54 Å². The second kappa shape index (κ2) is 4.95. The first-order valence-corrected chi connectivity index (χ1v) is 6.76. The molecule has 18 heavy (non-hydrogen) atoms. The monoisotopic (exact) mass is 237 g/mol. The molecule has 1 unspecified atom stereocenters. The van der Waals surface area contributed by atoms with E-state index in [9.17, 15) is 0 Å². The van der Waals surface area contributed by atoms with Gasteiger partial charge >= 0.3 is 0 Å². The Morgan fingerprint density at radius 2 is 1.94 bits per heavy atom. The summed E-state index contributed by atoms with van der Waals surface area (Å²) in [7, 11) is 0. The van der Waals surface area contributed by atoms with Crippen molar-refractivity contribution in [1.82, 2.24) is 5.32 Å². The Labute approximate surface area is 109 Å². The van der Waals surface area contributed by atoms with Crippen LogP contribution in [0.4, 0.5) is 0 Å². The molecule has 0 saturated carbocycles. The van der Waals surface area contributed by atoms with Crippen molar-refractivity contribution in [1.29, 1.82) is 0 Å². The van der Waals surface area contributed by atoms with Crippen LogP contribution >= 0.6 is 0 Å². The lowest BCUT2D eigenvalue weighted by molar-refractivity contribution is 0.590. The largest absolute Gasteiger partial charge is 0.312 e. The lowest BCUT2D eigenvalue weighted by Crippen LogP contribution is -2.28. The molecule has 0 fully saturated rings. The van der Waals surface area contributed by atoms with Crippen molar-refractivity contribution in [2.45, 2.75) is 25.8 Å². The van der Waals surface area contributed by atoms with Gasteiger partial charge in [-0.1, -0.05) is 55.5 Å². The van der Waals surface area contributed by atoms with Gasteiger partial charge in [0.05, 0.1) is 0 Å². The van der Waals surface area contributed by atoms with Gasteiger partial charge in [-0.25, -0.2) is 0 Å². The summed E-state index contributed by atoms with van der Waals surface area (Å²) >= 11 is 0. The molecule has 2 aromatic rings. The van der Waals surface area contributed by atoms with Crippen LogP contribution in [0.3, 0.4) is 0 Å². The first-order chi connectivity index (χ1) is 8.88. The zero-order chi connectivity index (χ0) is 12.4. The number of hydrogen-bond acceptors (Lipinski definition) is 1. The molecule has 1 heterocycles. The summed E-state index contributed by atoms with van der Waals surface area (Å²) in [6.07, 6.45) is 1.11. The highest BCUT2D eigenvalue weighted by molar-refractivity contribution is 5.42. The van der Waals surface area contributed by atoms with Crippen molar-refractivity contribution in [2.24, 2.45) is 0 Å². The molecule has 0 amide bonds. The molecule has 0 radical (unpaired) electrons. The zero-order valence-electron chi connectivity index (χ0n) is 10.8. The summed E-state index contributed by atoms with van der Waals surface area (Å²) in [6.45, 7) is 4.27. The first-order valence-electron chi connectivity index (χ1n) is 6.76. The molecule has 0 spiro atoms. The summed E-state index contributed by atoms with van der Waals surface area (Å²) in [5, 5.41) is 3.53. The molecule has 0 saturated heterocycles. The highest BCUT2D eigenvalue weighted by Gasteiger charge is 2.21. The molecule has 1 heteroatoms. The molecular formula is C17H19N. The van der Waals surface area contributed by atoms with E-state index < -0.39 is 0 Å². The van der Waals surface area contributed by atoms with Crippen LogP contribution in [0.15, 0.2) is 48.5 Å². The topological polar surface area (TPSA) is 12.0 Å². The normalized spacial score (nSPS) is 18.4. The highest BCUT2D eigenvalue weighted by Crippen LogP contribution is 2.30. The Bertz CT molecular complexity index is 531. The summed E-state index contributed by atoms with van der Waals surface area (Å²) < 4.78 is 0. The summed E-state index contributed by atoms with van der Waals surface area (Å²) in [6, 6.07) is 17.8. The van der Waals surface area contributed by atoms with Gasteiger partial charge in [0.25, 0.3) is 0 Å². The fourth-order valence-electron chi connectivity index (χ4n) is 2.79. The summed E-state index contributed by atoms with van der Waals surface area (Å²) in [4.78, 5) is 0. The number of nitrogens with one attached hydrogen (secondary N) is 1. The fraction of sp³-hybridized carbons (Fsp3) is 0.294. The predicted molar refractivity (Wildman–Crippen MR) is 75.8 cm³/mol. The van der Waals surface area contributed by atoms with Crippen molar-refractivity contribution < 1.29 is 0 Å². The minimum Gasteiger partial charge on any atom is -0.312 e. The quantitative estimate of drug-likeness (QED) is 0.843. The van der Waals surface area contributed by atoms with E-state index in [4.69, 9.17) is 0 Å². The van der Waals surface area contributed by atoms with Crippen LogP contribution in [-0.2, 0) is 13.0 Å². The van der Waals surface area contributed by atoms with Crippen LogP contribution in [0, 0.1) is 0 Å². The molecule has 1 N–H and O–H groups in total. The van der Waals surface area contributed by atoms with Crippen LogP contribution in [0.5, 0.6) is 0 Å². The number of hydrogen-bond donors (Lipinski definition) is 1. The van der Waals surface area contributed by atoms with Crippen LogP contribution in [0.2, 0.25) is 0 Å². The van der Waals surface area contributed by atoms with Gasteiger partial charge in [-0.05, 0) is 28.7 Å². The van der Waals surface area contributed by atoms with E-state index in [1.165, 1.54) is 22.3 Å². The van der Waals surface area contributed by atoms with E-state index in [0.717, 1.165) is 19.5 Å². The molecule has 1 aliphatic rings. The Kier molecular flexibility index (Phi) is 3.16. The van der Waals surface area contributed by atoms with Gasteiger partial charge in [0, 0.05) is 19.0 Å². The molecular weight excluding hydrogens is 218 g/mol. The van der Waals surface area contributed by atoms with E-state index in [-0.39, 0.29) is 0 Å². The van der Waals surface area contributed by atoms with Gasteiger partial charge in [-0.2, -0.15) is 0 Å². The van der Waals surface area contributed by atoms with Crippen molar-refractivity contribution in [3.05, 3.63) is 70.8 Å². The van der Waals surface area contributed by atoms with Gasteiger partial charge in [0.2, 0.25) is 0 Å². The second-order valence-corrected chi connectivity index (χ2v) is 4.98. The Hall–Kier alpha value is -1.60. The maximum absolute atomic E-state index is 3.53. The van der Waals surface area contributed by atoms with Gasteiger partial charge in [0.15, 0.2) is 0 Å². The van der Waals surface area contributed by atoms with Crippen molar-refractivity contribution in [3.8, 4) is 0 Å². The number of fused-ring (bicyclic) bond motifs is 1. The van der Waals surface area contributed by atoms with Crippen LogP contribution in [0.25, 0.3) is 0 Å². The fourth-order valence-corrected chi connectivity index (χ4v) is 2.79. The minimum absolute atomic E-state index is 0.501. The predicted octanol–water partition coefficient (Wildman–Crippen LogP) is 3.48. The lowest BCUT2D eigenvalue weighted by atomic mass is 9.84. The third-order valence-electron chi connectivity index (χ3n) is 3.86. The minimum atomic E-state index is 0.501. The molecule has 0 aliphatic carbocycles. The maximum Gasteiger partial charge on any atom is 0.0218 e. The first kappa shape index (κ1) is 11.5. The average molecular weight is 237 g/mol.